The minimum atomic E-state index is -0.283. The Morgan fingerprint density at radius 2 is 2.09 bits per heavy atom. The van der Waals surface area contributed by atoms with Crippen LogP contribution in [0.3, 0.4) is 0 Å². The van der Waals surface area contributed by atoms with Gasteiger partial charge in [0, 0.05) is 26.2 Å². The number of rotatable bonds is 4. The number of nitrogens with zero attached hydrogens (tertiary/aromatic N) is 1. The van der Waals surface area contributed by atoms with E-state index in [4.69, 9.17) is 11.6 Å². The van der Waals surface area contributed by atoms with Crippen LogP contribution in [0.4, 0.5) is 0 Å². The molecule has 0 atom stereocenters. The number of amides is 1. The predicted molar refractivity (Wildman–Crippen MR) is 100 cm³/mol. The van der Waals surface area contributed by atoms with E-state index in [2.05, 4.69) is 22.7 Å². The van der Waals surface area contributed by atoms with E-state index in [1.165, 1.54) is 8.91 Å². The number of thioether (sulfide) groups is 1. The Hall–Kier alpha value is -1.82. The standard InChI is InChI=1S/C17H13ClN2OS2/c1-22-17-14(13-7-2-3-8-15(13)23-17)10-19-20-16(21)11-5-4-6-12(18)9-11/h2-10H,1H3,(H,20,21)/b19-10+. The molecule has 0 aliphatic rings. The first-order valence-corrected chi connectivity index (χ1v) is 9.25. The largest absolute Gasteiger partial charge is 0.271 e. The maximum atomic E-state index is 12.1. The van der Waals surface area contributed by atoms with Crippen LogP contribution in [0.2, 0.25) is 5.02 Å². The Kier molecular flexibility index (Phi) is 5.00. The smallest absolute Gasteiger partial charge is 0.267 e. The molecule has 0 fully saturated rings. The highest BCUT2D eigenvalue weighted by atomic mass is 35.5. The van der Waals surface area contributed by atoms with Gasteiger partial charge in [0.15, 0.2) is 0 Å². The molecule has 1 heterocycles. The van der Waals surface area contributed by atoms with Crippen molar-refractivity contribution in [2.24, 2.45) is 5.10 Å². The molecule has 0 aliphatic carbocycles. The lowest BCUT2D eigenvalue weighted by Gasteiger charge is -2.00. The molecule has 0 aliphatic heterocycles. The highest BCUT2D eigenvalue weighted by Crippen LogP contribution is 2.35. The highest BCUT2D eigenvalue weighted by Gasteiger charge is 2.09. The molecular weight excluding hydrogens is 348 g/mol. The third kappa shape index (κ3) is 3.58. The molecule has 0 saturated heterocycles. The van der Waals surface area contributed by atoms with Gasteiger partial charge < -0.3 is 0 Å². The van der Waals surface area contributed by atoms with Crippen LogP contribution >= 0.6 is 34.7 Å². The average molecular weight is 361 g/mol. The zero-order valence-electron chi connectivity index (χ0n) is 12.2. The second-order valence-corrected chi connectivity index (χ2v) is 7.28. The molecule has 1 N–H and O–H groups in total. The maximum absolute atomic E-state index is 12.1. The monoisotopic (exact) mass is 360 g/mol. The third-order valence-electron chi connectivity index (χ3n) is 3.23. The van der Waals surface area contributed by atoms with Crippen LogP contribution in [0, 0.1) is 0 Å². The predicted octanol–water partition coefficient (Wildman–Crippen LogP) is 5.04. The fourth-order valence-corrected chi connectivity index (χ4v) is 4.25. The van der Waals surface area contributed by atoms with Crippen molar-refractivity contribution in [3.63, 3.8) is 0 Å². The first kappa shape index (κ1) is 16.1. The number of hydrazone groups is 1. The fraction of sp³-hybridized carbons (Fsp3) is 0.0588. The second-order valence-electron chi connectivity index (χ2n) is 4.71. The number of nitrogens with one attached hydrogen (secondary N) is 1. The molecule has 3 rings (SSSR count). The summed E-state index contributed by atoms with van der Waals surface area (Å²) in [4.78, 5) is 12.1. The zero-order chi connectivity index (χ0) is 16.2. The van der Waals surface area contributed by atoms with Crippen molar-refractivity contribution in [2.45, 2.75) is 4.21 Å². The van der Waals surface area contributed by atoms with Gasteiger partial charge in [-0.2, -0.15) is 5.10 Å². The van der Waals surface area contributed by atoms with Gasteiger partial charge in [-0.25, -0.2) is 5.43 Å². The van der Waals surface area contributed by atoms with Crippen molar-refractivity contribution in [1.29, 1.82) is 0 Å². The number of carbonyl (C=O) groups excluding carboxylic acids is 1. The highest BCUT2D eigenvalue weighted by molar-refractivity contribution is 8.00. The van der Waals surface area contributed by atoms with Gasteiger partial charge in [-0.3, -0.25) is 4.79 Å². The summed E-state index contributed by atoms with van der Waals surface area (Å²) < 4.78 is 2.38. The Balaban J connectivity index is 1.82. The van der Waals surface area contributed by atoms with Crippen molar-refractivity contribution in [3.05, 3.63) is 64.7 Å². The van der Waals surface area contributed by atoms with Crippen LogP contribution in [-0.2, 0) is 0 Å². The molecule has 1 aromatic heterocycles. The van der Waals surface area contributed by atoms with Gasteiger partial charge in [0.05, 0.1) is 10.4 Å². The van der Waals surface area contributed by atoms with Crippen LogP contribution in [0.25, 0.3) is 10.1 Å². The lowest BCUT2D eigenvalue weighted by molar-refractivity contribution is 0.0955. The van der Waals surface area contributed by atoms with E-state index in [0.717, 1.165) is 10.9 Å². The number of benzene rings is 2. The van der Waals surface area contributed by atoms with E-state index in [1.54, 1.807) is 53.6 Å². The molecule has 3 nitrogen and oxygen atoms in total. The van der Waals surface area contributed by atoms with Gasteiger partial charge in [0.1, 0.15) is 0 Å². The van der Waals surface area contributed by atoms with Crippen molar-refractivity contribution in [2.75, 3.05) is 6.26 Å². The summed E-state index contributed by atoms with van der Waals surface area (Å²) >= 11 is 9.29. The van der Waals surface area contributed by atoms with Gasteiger partial charge in [0.25, 0.3) is 5.91 Å². The van der Waals surface area contributed by atoms with E-state index in [0.29, 0.717) is 10.6 Å². The summed E-state index contributed by atoms with van der Waals surface area (Å²) in [5, 5.41) is 5.77. The van der Waals surface area contributed by atoms with Gasteiger partial charge in [-0.15, -0.1) is 23.1 Å². The molecule has 0 bridgehead atoms. The van der Waals surface area contributed by atoms with Crippen LogP contribution in [0.1, 0.15) is 15.9 Å². The van der Waals surface area contributed by atoms with Crippen LogP contribution < -0.4 is 5.43 Å². The lowest BCUT2D eigenvalue weighted by Crippen LogP contribution is -2.17. The number of carbonyl (C=O) groups is 1. The van der Waals surface area contributed by atoms with E-state index in [1.807, 2.05) is 18.4 Å². The number of halogens is 1. The van der Waals surface area contributed by atoms with E-state index in [9.17, 15) is 4.79 Å². The van der Waals surface area contributed by atoms with E-state index < -0.39 is 0 Å². The first-order valence-electron chi connectivity index (χ1n) is 6.83. The Labute approximate surface area is 147 Å². The summed E-state index contributed by atoms with van der Waals surface area (Å²) in [7, 11) is 0. The lowest BCUT2D eigenvalue weighted by atomic mass is 10.2. The summed E-state index contributed by atoms with van der Waals surface area (Å²) in [5.74, 6) is -0.283. The molecule has 3 aromatic rings. The molecule has 2 aromatic carbocycles. The van der Waals surface area contributed by atoms with Crippen LogP contribution in [-0.4, -0.2) is 18.4 Å². The quantitative estimate of drug-likeness (QED) is 0.402. The molecular formula is C17H13ClN2OS2. The summed E-state index contributed by atoms with van der Waals surface area (Å²) in [6, 6.07) is 14.9. The van der Waals surface area contributed by atoms with Crippen LogP contribution in [0.5, 0.6) is 0 Å². The molecule has 6 heteroatoms. The molecule has 116 valence electrons. The Morgan fingerprint density at radius 3 is 2.87 bits per heavy atom. The number of fused-ring (bicyclic) bond motifs is 1. The molecule has 0 unspecified atom stereocenters. The van der Waals surface area contributed by atoms with Gasteiger partial charge >= 0.3 is 0 Å². The minimum absolute atomic E-state index is 0.283. The molecule has 0 saturated carbocycles. The number of hydrogen-bond acceptors (Lipinski definition) is 4. The third-order valence-corrected chi connectivity index (χ3v) is 5.79. The average Bonchev–Trinajstić information content (AvgIpc) is 2.93. The topological polar surface area (TPSA) is 41.5 Å². The molecule has 0 radical (unpaired) electrons. The number of thiophene rings is 1. The maximum Gasteiger partial charge on any atom is 0.271 e. The van der Waals surface area contributed by atoms with E-state index in [-0.39, 0.29) is 5.91 Å². The summed E-state index contributed by atoms with van der Waals surface area (Å²) in [6.45, 7) is 0. The Bertz CT molecular complexity index is 889. The minimum Gasteiger partial charge on any atom is -0.267 e. The summed E-state index contributed by atoms with van der Waals surface area (Å²) in [5.41, 5.74) is 4.06. The van der Waals surface area contributed by atoms with Crippen molar-refractivity contribution in [1.82, 2.24) is 5.43 Å². The summed E-state index contributed by atoms with van der Waals surface area (Å²) in [6.07, 6.45) is 3.74. The normalized spacial score (nSPS) is 11.2. The SMILES string of the molecule is CSc1sc2ccccc2c1/C=N/NC(=O)c1cccc(Cl)c1. The first-order chi connectivity index (χ1) is 11.2. The van der Waals surface area contributed by atoms with E-state index >= 15 is 0 Å². The van der Waals surface area contributed by atoms with Crippen LogP contribution in [0.15, 0.2) is 57.8 Å². The van der Waals surface area contributed by atoms with Crippen molar-refractivity contribution in [3.8, 4) is 0 Å². The fourth-order valence-electron chi connectivity index (χ4n) is 2.17. The van der Waals surface area contributed by atoms with Crippen molar-refractivity contribution < 1.29 is 4.79 Å². The Morgan fingerprint density at radius 1 is 1.26 bits per heavy atom. The van der Waals surface area contributed by atoms with Crippen molar-refractivity contribution >= 4 is 56.9 Å². The zero-order valence-corrected chi connectivity index (χ0v) is 14.6. The molecule has 23 heavy (non-hydrogen) atoms. The number of hydrogen-bond donors (Lipinski definition) is 1. The van der Waals surface area contributed by atoms with Gasteiger partial charge in [-0.05, 0) is 30.5 Å². The molecule has 1 amide bonds. The second kappa shape index (κ2) is 7.17. The van der Waals surface area contributed by atoms with Gasteiger partial charge in [-0.1, -0.05) is 35.9 Å². The molecule has 0 spiro atoms. The van der Waals surface area contributed by atoms with Gasteiger partial charge in [0.2, 0.25) is 0 Å².